The molecule has 0 spiro atoms. The van der Waals surface area contributed by atoms with E-state index in [4.69, 9.17) is 0 Å². The van der Waals surface area contributed by atoms with E-state index < -0.39 is 0 Å². The van der Waals surface area contributed by atoms with Crippen LogP contribution in [-0.2, 0) is 4.79 Å². The minimum atomic E-state index is -0.128. The van der Waals surface area contributed by atoms with Crippen LogP contribution >= 0.6 is 11.3 Å². The fourth-order valence-corrected chi connectivity index (χ4v) is 2.91. The van der Waals surface area contributed by atoms with Gasteiger partial charge in [0.05, 0.1) is 0 Å². The number of hydrogen-bond donors (Lipinski definition) is 3. The topological polar surface area (TPSA) is 87.3 Å². The molecule has 0 saturated heterocycles. The van der Waals surface area contributed by atoms with Gasteiger partial charge in [-0.05, 0) is 48.1 Å². The molecule has 0 aliphatic carbocycles. The number of anilines is 1. The molecule has 0 aliphatic rings. The summed E-state index contributed by atoms with van der Waals surface area (Å²) in [6.07, 6.45) is 0.859. The zero-order valence-corrected chi connectivity index (χ0v) is 16.4. The highest BCUT2D eigenvalue weighted by Gasteiger charge is 2.08. The SMILES string of the molecule is CC(C)CNC(=O)c1ccc(NC(=O)CCCNC(=O)c2ccsc2)cc1. The van der Waals surface area contributed by atoms with Crippen molar-refractivity contribution < 1.29 is 14.4 Å². The van der Waals surface area contributed by atoms with Gasteiger partial charge in [-0.2, -0.15) is 11.3 Å². The van der Waals surface area contributed by atoms with E-state index in [1.165, 1.54) is 11.3 Å². The second-order valence-electron chi connectivity index (χ2n) is 6.60. The number of thiophene rings is 1. The van der Waals surface area contributed by atoms with Crippen LogP contribution in [0.25, 0.3) is 0 Å². The number of hydrogen-bond acceptors (Lipinski definition) is 4. The monoisotopic (exact) mass is 387 g/mol. The molecule has 144 valence electrons. The van der Waals surface area contributed by atoms with Crippen LogP contribution in [0.4, 0.5) is 5.69 Å². The Morgan fingerprint density at radius 1 is 0.963 bits per heavy atom. The van der Waals surface area contributed by atoms with Crippen molar-refractivity contribution >= 4 is 34.7 Å². The molecule has 0 fully saturated rings. The molecule has 0 aliphatic heterocycles. The molecule has 0 bridgehead atoms. The molecule has 3 amide bonds. The minimum absolute atomic E-state index is 0.122. The Bertz CT molecular complexity index is 755. The van der Waals surface area contributed by atoms with Crippen LogP contribution < -0.4 is 16.0 Å². The van der Waals surface area contributed by atoms with Gasteiger partial charge in [0.1, 0.15) is 0 Å². The Labute approximate surface area is 163 Å². The third kappa shape index (κ3) is 7.22. The smallest absolute Gasteiger partial charge is 0.252 e. The van der Waals surface area contributed by atoms with Gasteiger partial charge in [0.2, 0.25) is 5.91 Å². The predicted molar refractivity (Wildman–Crippen MR) is 108 cm³/mol. The summed E-state index contributed by atoms with van der Waals surface area (Å²) in [6, 6.07) is 8.55. The first-order chi connectivity index (χ1) is 13.0. The molecule has 2 rings (SSSR count). The van der Waals surface area contributed by atoms with Crippen LogP contribution in [0.15, 0.2) is 41.1 Å². The Hall–Kier alpha value is -2.67. The van der Waals surface area contributed by atoms with E-state index >= 15 is 0 Å². The predicted octanol–water partition coefficient (Wildman–Crippen LogP) is 3.28. The second kappa shape index (κ2) is 10.5. The number of carbonyl (C=O) groups excluding carboxylic acids is 3. The van der Waals surface area contributed by atoms with Crippen LogP contribution in [-0.4, -0.2) is 30.8 Å². The van der Waals surface area contributed by atoms with Crippen LogP contribution in [0.2, 0.25) is 0 Å². The Morgan fingerprint density at radius 2 is 1.67 bits per heavy atom. The Balaban J connectivity index is 1.69. The quantitative estimate of drug-likeness (QED) is 0.577. The average Bonchev–Trinajstić information content (AvgIpc) is 3.18. The molecule has 27 heavy (non-hydrogen) atoms. The lowest BCUT2D eigenvalue weighted by Gasteiger charge is -2.09. The minimum Gasteiger partial charge on any atom is -0.352 e. The molecule has 1 heterocycles. The molecule has 0 saturated carbocycles. The van der Waals surface area contributed by atoms with Gasteiger partial charge in [-0.1, -0.05) is 13.8 Å². The summed E-state index contributed by atoms with van der Waals surface area (Å²) in [5, 5.41) is 12.1. The molecular formula is C20H25N3O3S. The lowest BCUT2D eigenvalue weighted by molar-refractivity contribution is -0.116. The van der Waals surface area contributed by atoms with E-state index in [1.807, 2.05) is 19.2 Å². The lowest BCUT2D eigenvalue weighted by Crippen LogP contribution is -2.27. The molecule has 0 unspecified atom stereocenters. The first-order valence-electron chi connectivity index (χ1n) is 8.94. The molecule has 3 N–H and O–H groups in total. The van der Waals surface area contributed by atoms with E-state index in [1.54, 1.807) is 35.7 Å². The van der Waals surface area contributed by atoms with Crippen molar-refractivity contribution in [2.45, 2.75) is 26.7 Å². The van der Waals surface area contributed by atoms with Gasteiger partial charge < -0.3 is 16.0 Å². The molecule has 1 aromatic heterocycles. The van der Waals surface area contributed by atoms with Crippen LogP contribution in [0, 0.1) is 5.92 Å². The highest BCUT2D eigenvalue weighted by molar-refractivity contribution is 7.08. The van der Waals surface area contributed by atoms with Crippen LogP contribution in [0.1, 0.15) is 47.4 Å². The maximum Gasteiger partial charge on any atom is 0.252 e. The van der Waals surface area contributed by atoms with Gasteiger partial charge in [-0.15, -0.1) is 0 Å². The molecule has 6 nitrogen and oxygen atoms in total. The first-order valence-corrected chi connectivity index (χ1v) is 9.88. The van der Waals surface area contributed by atoms with Crippen LogP contribution in [0.5, 0.6) is 0 Å². The molecular weight excluding hydrogens is 362 g/mol. The maximum atomic E-state index is 12.0. The normalized spacial score (nSPS) is 10.5. The van der Waals surface area contributed by atoms with Gasteiger partial charge in [0, 0.05) is 41.7 Å². The third-order valence-corrected chi connectivity index (χ3v) is 4.43. The van der Waals surface area contributed by atoms with Crippen LogP contribution in [0.3, 0.4) is 0 Å². The number of nitrogens with one attached hydrogen (secondary N) is 3. The van der Waals surface area contributed by atoms with Gasteiger partial charge in [0.25, 0.3) is 11.8 Å². The van der Waals surface area contributed by atoms with Crippen molar-refractivity contribution in [1.29, 1.82) is 0 Å². The highest BCUT2D eigenvalue weighted by atomic mass is 32.1. The third-order valence-electron chi connectivity index (χ3n) is 3.75. The van der Waals surface area contributed by atoms with Gasteiger partial charge >= 0.3 is 0 Å². The van der Waals surface area contributed by atoms with E-state index in [-0.39, 0.29) is 17.7 Å². The average molecular weight is 388 g/mol. The summed E-state index contributed by atoms with van der Waals surface area (Å²) in [7, 11) is 0. The molecule has 0 atom stereocenters. The van der Waals surface area contributed by atoms with Crippen molar-refractivity contribution in [2.75, 3.05) is 18.4 Å². The van der Waals surface area contributed by atoms with Gasteiger partial charge in [-0.25, -0.2) is 0 Å². The van der Waals surface area contributed by atoms with E-state index in [0.29, 0.717) is 48.7 Å². The first kappa shape index (κ1) is 20.6. The van der Waals surface area contributed by atoms with Crippen molar-refractivity contribution in [3.05, 3.63) is 52.2 Å². The number of rotatable bonds is 9. The fourth-order valence-electron chi connectivity index (χ4n) is 2.27. The summed E-state index contributed by atoms with van der Waals surface area (Å²) in [5.41, 5.74) is 1.84. The summed E-state index contributed by atoms with van der Waals surface area (Å²) in [4.78, 5) is 35.7. The van der Waals surface area contributed by atoms with Crippen molar-refractivity contribution in [2.24, 2.45) is 5.92 Å². The molecule has 0 radical (unpaired) electrons. The Morgan fingerprint density at radius 3 is 2.30 bits per heavy atom. The number of amides is 3. The molecule has 2 aromatic rings. The summed E-state index contributed by atoms with van der Waals surface area (Å²) >= 11 is 1.47. The lowest BCUT2D eigenvalue weighted by atomic mass is 10.1. The highest BCUT2D eigenvalue weighted by Crippen LogP contribution is 2.10. The Kier molecular flexibility index (Phi) is 8.00. The van der Waals surface area contributed by atoms with E-state index in [0.717, 1.165) is 0 Å². The molecule has 1 aromatic carbocycles. The molecule has 7 heteroatoms. The van der Waals surface area contributed by atoms with Gasteiger partial charge in [-0.3, -0.25) is 14.4 Å². The largest absolute Gasteiger partial charge is 0.352 e. The standard InChI is InChI=1S/C20H25N3O3S/c1-14(2)12-22-19(25)15-5-7-17(8-6-15)23-18(24)4-3-10-21-20(26)16-9-11-27-13-16/h5-9,11,13-14H,3-4,10,12H2,1-2H3,(H,21,26)(H,22,25)(H,23,24). The van der Waals surface area contributed by atoms with E-state index in [2.05, 4.69) is 16.0 Å². The summed E-state index contributed by atoms with van der Waals surface area (Å²) < 4.78 is 0. The maximum absolute atomic E-state index is 12.0. The zero-order valence-electron chi connectivity index (χ0n) is 15.6. The second-order valence-corrected chi connectivity index (χ2v) is 7.38. The zero-order chi connectivity index (χ0) is 19.6. The van der Waals surface area contributed by atoms with Crippen molar-refractivity contribution in [3.63, 3.8) is 0 Å². The van der Waals surface area contributed by atoms with Crippen molar-refractivity contribution in [3.8, 4) is 0 Å². The van der Waals surface area contributed by atoms with E-state index in [9.17, 15) is 14.4 Å². The number of benzene rings is 1. The van der Waals surface area contributed by atoms with Gasteiger partial charge in [0.15, 0.2) is 0 Å². The number of carbonyl (C=O) groups is 3. The summed E-state index contributed by atoms with van der Waals surface area (Å²) in [6.45, 7) is 5.14. The fraction of sp³-hybridized carbons (Fsp3) is 0.350. The summed E-state index contributed by atoms with van der Waals surface area (Å²) in [5.74, 6) is 0.0188. The van der Waals surface area contributed by atoms with Crippen molar-refractivity contribution in [1.82, 2.24) is 10.6 Å².